The molecule has 0 aromatic heterocycles. The van der Waals surface area contributed by atoms with Crippen LogP contribution < -0.4 is 5.73 Å². The Morgan fingerprint density at radius 1 is 1.30 bits per heavy atom. The van der Waals surface area contributed by atoms with Crippen LogP contribution in [0.15, 0.2) is 24.3 Å². The largest absolute Gasteiger partial charge is 0.416 e. The zero-order valence-corrected chi connectivity index (χ0v) is 11.8. The normalized spacial score (nSPS) is 23.9. The molecule has 0 saturated heterocycles. The Morgan fingerprint density at radius 3 is 2.30 bits per heavy atom. The van der Waals surface area contributed by atoms with E-state index >= 15 is 0 Å². The second-order valence-corrected chi connectivity index (χ2v) is 5.92. The van der Waals surface area contributed by atoms with Crippen molar-refractivity contribution in [2.45, 2.75) is 25.6 Å². The van der Waals surface area contributed by atoms with Crippen molar-refractivity contribution in [1.29, 1.82) is 0 Å². The number of nitrogens with two attached hydrogens (primary N) is 1. The highest BCUT2D eigenvalue weighted by molar-refractivity contribution is 5.26. The van der Waals surface area contributed by atoms with Crippen LogP contribution in [0.4, 0.5) is 13.2 Å². The number of benzene rings is 1. The molecule has 2 nitrogen and oxygen atoms in total. The van der Waals surface area contributed by atoms with E-state index in [9.17, 15) is 13.2 Å². The first-order valence-corrected chi connectivity index (χ1v) is 6.88. The van der Waals surface area contributed by atoms with Gasteiger partial charge in [-0.05, 0) is 43.0 Å². The van der Waals surface area contributed by atoms with E-state index in [0.29, 0.717) is 6.54 Å². The zero-order chi connectivity index (χ0) is 14.9. The first-order valence-electron chi connectivity index (χ1n) is 6.88. The van der Waals surface area contributed by atoms with Crippen molar-refractivity contribution < 1.29 is 13.2 Å². The Balaban J connectivity index is 1.90. The van der Waals surface area contributed by atoms with Gasteiger partial charge >= 0.3 is 6.18 Å². The minimum Gasteiger partial charge on any atom is -0.323 e. The second-order valence-electron chi connectivity index (χ2n) is 5.92. The van der Waals surface area contributed by atoms with E-state index in [1.165, 1.54) is 18.6 Å². The van der Waals surface area contributed by atoms with Gasteiger partial charge in [0.25, 0.3) is 0 Å². The average Bonchev–Trinajstić information content (AvgIpc) is 3.03. The third-order valence-corrected chi connectivity index (χ3v) is 4.00. The summed E-state index contributed by atoms with van der Waals surface area (Å²) in [4.78, 5) is 2.16. The lowest BCUT2D eigenvalue weighted by Gasteiger charge is -2.22. The Labute approximate surface area is 117 Å². The maximum absolute atomic E-state index is 12.5. The molecule has 1 aliphatic carbocycles. The molecule has 0 bridgehead atoms. The Kier molecular flexibility index (Phi) is 4.39. The van der Waals surface area contributed by atoms with Crippen LogP contribution in [-0.4, -0.2) is 25.0 Å². The van der Waals surface area contributed by atoms with Crippen LogP contribution in [0.5, 0.6) is 0 Å². The van der Waals surface area contributed by atoms with Crippen molar-refractivity contribution in [3.63, 3.8) is 0 Å². The van der Waals surface area contributed by atoms with Crippen molar-refractivity contribution in [3.05, 3.63) is 35.4 Å². The van der Waals surface area contributed by atoms with Gasteiger partial charge in [-0.25, -0.2) is 0 Å². The van der Waals surface area contributed by atoms with Crippen molar-refractivity contribution in [1.82, 2.24) is 4.90 Å². The standard InChI is InChI=1S/C15H21F3N2/c1-10-7-12(10)8-20(2)9-14(19)11-3-5-13(6-4-11)15(16,17)18/h3-6,10,12,14H,7-9,19H2,1-2H3. The van der Waals surface area contributed by atoms with Crippen LogP contribution in [0.1, 0.15) is 30.5 Å². The lowest BCUT2D eigenvalue weighted by molar-refractivity contribution is -0.137. The molecule has 112 valence electrons. The summed E-state index contributed by atoms with van der Waals surface area (Å²) in [5, 5.41) is 0. The zero-order valence-electron chi connectivity index (χ0n) is 11.8. The van der Waals surface area contributed by atoms with E-state index in [1.54, 1.807) is 0 Å². The summed E-state index contributed by atoms with van der Waals surface area (Å²) in [5.74, 6) is 1.54. The molecular formula is C15H21F3N2. The van der Waals surface area contributed by atoms with Gasteiger partial charge in [0.15, 0.2) is 0 Å². The quantitative estimate of drug-likeness (QED) is 0.900. The minimum atomic E-state index is -4.29. The summed E-state index contributed by atoms with van der Waals surface area (Å²) in [6, 6.07) is 4.88. The molecule has 3 atom stereocenters. The molecule has 1 aliphatic rings. The number of nitrogens with zero attached hydrogens (tertiary/aromatic N) is 1. The molecule has 0 radical (unpaired) electrons. The van der Waals surface area contributed by atoms with Gasteiger partial charge < -0.3 is 10.6 Å². The number of hydrogen-bond donors (Lipinski definition) is 1. The molecule has 1 fully saturated rings. The number of hydrogen-bond acceptors (Lipinski definition) is 2. The van der Waals surface area contributed by atoms with Gasteiger partial charge in [-0.15, -0.1) is 0 Å². The molecule has 0 amide bonds. The molecule has 3 unspecified atom stereocenters. The van der Waals surface area contributed by atoms with Gasteiger partial charge in [0.2, 0.25) is 0 Å². The fourth-order valence-corrected chi connectivity index (χ4v) is 2.49. The highest BCUT2D eigenvalue weighted by Crippen LogP contribution is 2.38. The maximum atomic E-state index is 12.5. The van der Waals surface area contributed by atoms with Gasteiger partial charge in [0.1, 0.15) is 0 Å². The SMILES string of the molecule is CC1CC1CN(C)CC(N)c1ccc(C(F)(F)F)cc1. The van der Waals surface area contributed by atoms with Crippen LogP contribution in [0.3, 0.4) is 0 Å². The molecule has 0 aliphatic heterocycles. The highest BCUT2D eigenvalue weighted by atomic mass is 19.4. The first-order chi connectivity index (χ1) is 9.27. The van der Waals surface area contributed by atoms with E-state index in [1.807, 2.05) is 7.05 Å². The lowest BCUT2D eigenvalue weighted by atomic mass is 10.0. The first kappa shape index (κ1) is 15.3. The molecule has 1 aromatic rings. The number of rotatable bonds is 5. The number of halogens is 3. The summed E-state index contributed by atoms with van der Waals surface area (Å²) >= 11 is 0. The summed E-state index contributed by atoms with van der Waals surface area (Å²) in [7, 11) is 2.01. The van der Waals surface area contributed by atoms with Crippen molar-refractivity contribution in [2.75, 3.05) is 20.1 Å². The fraction of sp³-hybridized carbons (Fsp3) is 0.600. The molecule has 1 aromatic carbocycles. The van der Waals surface area contributed by atoms with Crippen LogP contribution in [0.25, 0.3) is 0 Å². The Bertz CT molecular complexity index is 441. The van der Waals surface area contributed by atoms with E-state index in [0.717, 1.165) is 36.1 Å². The van der Waals surface area contributed by atoms with Crippen LogP contribution in [-0.2, 0) is 6.18 Å². The topological polar surface area (TPSA) is 29.3 Å². The monoisotopic (exact) mass is 286 g/mol. The van der Waals surface area contributed by atoms with Gasteiger partial charge in [0.05, 0.1) is 5.56 Å². The molecule has 0 heterocycles. The van der Waals surface area contributed by atoms with Gasteiger partial charge in [-0.1, -0.05) is 19.1 Å². The molecule has 2 rings (SSSR count). The molecule has 2 N–H and O–H groups in total. The second kappa shape index (κ2) is 5.74. The average molecular weight is 286 g/mol. The third-order valence-electron chi connectivity index (χ3n) is 4.00. The summed E-state index contributed by atoms with van der Waals surface area (Å²) in [6.07, 6.45) is -3.03. The fourth-order valence-electron chi connectivity index (χ4n) is 2.49. The van der Waals surface area contributed by atoms with Crippen LogP contribution in [0.2, 0.25) is 0 Å². The van der Waals surface area contributed by atoms with Crippen molar-refractivity contribution >= 4 is 0 Å². The van der Waals surface area contributed by atoms with Gasteiger partial charge in [-0.2, -0.15) is 13.2 Å². The van der Waals surface area contributed by atoms with E-state index < -0.39 is 11.7 Å². The molecular weight excluding hydrogens is 265 g/mol. The third kappa shape index (κ3) is 3.96. The predicted molar refractivity (Wildman–Crippen MR) is 73.1 cm³/mol. The summed E-state index contributed by atoms with van der Waals surface area (Å²) in [6.45, 7) is 3.90. The molecule has 1 saturated carbocycles. The highest BCUT2D eigenvalue weighted by Gasteiger charge is 2.33. The van der Waals surface area contributed by atoms with Crippen molar-refractivity contribution in [2.24, 2.45) is 17.6 Å². The van der Waals surface area contributed by atoms with Crippen LogP contribution >= 0.6 is 0 Å². The molecule has 20 heavy (non-hydrogen) atoms. The minimum absolute atomic E-state index is 0.253. The number of alkyl halides is 3. The number of likely N-dealkylation sites (N-methyl/N-ethyl adjacent to an activating group) is 1. The van der Waals surface area contributed by atoms with E-state index in [4.69, 9.17) is 5.73 Å². The predicted octanol–water partition coefficient (Wildman–Crippen LogP) is 3.29. The van der Waals surface area contributed by atoms with Crippen LogP contribution in [0, 0.1) is 11.8 Å². The maximum Gasteiger partial charge on any atom is 0.416 e. The molecule has 0 spiro atoms. The van der Waals surface area contributed by atoms with E-state index in [-0.39, 0.29) is 6.04 Å². The van der Waals surface area contributed by atoms with Gasteiger partial charge in [-0.3, -0.25) is 0 Å². The van der Waals surface area contributed by atoms with Crippen molar-refractivity contribution in [3.8, 4) is 0 Å². The van der Waals surface area contributed by atoms with Gasteiger partial charge in [0, 0.05) is 19.1 Å². The lowest BCUT2D eigenvalue weighted by Crippen LogP contribution is -2.30. The summed E-state index contributed by atoms with van der Waals surface area (Å²) in [5.41, 5.74) is 6.18. The Morgan fingerprint density at radius 2 is 1.85 bits per heavy atom. The molecule has 5 heteroatoms. The Hall–Kier alpha value is -1.07. The van der Waals surface area contributed by atoms with E-state index in [2.05, 4.69) is 11.8 Å². The smallest absolute Gasteiger partial charge is 0.323 e. The summed E-state index contributed by atoms with van der Waals surface area (Å²) < 4.78 is 37.4.